The van der Waals surface area contributed by atoms with Gasteiger partial charge < -0.3 is 9.64 Å². The third-order valence-corrected chi connectivity index (χ3v) is 5.11. The van der Waals surface area contributed by atoms with Gasteiger partial charge in [-0.1, -0.05) is 23.8 Å². The number of benzene rings is 1. The summed E-state index contributed by atoms with van der Waals surface area (Å²) in [6.45, 7) is 4.02. The number of hydrogen-bond acceptors (Lipinski definition) is 5. The number of amides is 1. The van der Waals surface area contributed by atoms with Crippen LogP contribution >= 0.6 is 0 Å². The number of nitrogens with zero attached hydrogens (tertiary/aromatic N) is 3. The molecular formula is C22H21N3O4. The van der Waals surface area contributed by atoms with E-state index in [1.165, 1.54) is 10.5 Å². The lowest BCUT2D eigenvalue weighted by Gasteiger charge is -2.16. The molecular weight excluding hydrogens is 370 g/mol. The number of aryl methyl sites for hydroxylation is 2. The summed E-state index contributed by atoms with van der Waals surface area (Å²) in [4.78, 5) is 43.1. The molecule has 2 aromatic heterocycles. The molecule has 0 spiro atoms. The van der Waals surface area contributed by atoms with Crippen LogP contribution in [-0.2, 0) is 20.9 Å². The monoisotopic (exact) mass is 391 g/mol. The molecule has 29 heavy (non-hydrogen) atoms. The van der Waals surface area contributed by atoms with Gasteiger partial charge in [0.25, 0.3) is 5.56 Å². The highest BCUT2D eigenvalue weighted by Gasteiger charge is 2.36. The molecule has 4 rings (SSSR count). The van der Waals surface area contributed by atoms with Gasteiger partial charge in [-0.25, -0.2) is 4.98 Å². The maximum atomic E-state index is 12.5. The number of esters is 1. The van der Waals surface area contributed by atoms with Crippen LogP contribution < -0.4 is 10.5 Å². The molecule has 7 nitrogen and oxygen atoms in total. The van der Waals surface area contributed by atoms with E-state index < -0.39 is 11.9 Å². The molecule has 1 aliphatic rings. The van der Waals surface area contributed by atoms with Gasteiger partial charge in [0, 0.05) is 30.9 Å². The van der Waals surface area contributed by atoms with Gasteiger partial charge in [0.2, 0.25) is 5.91 Å². The Hall–Kier alpha value is -3.48. The zero-order valence-electron chi connectivity index (χ0n) is 16.3. The quantitative estimate of drug-likeness (QED) is 0.638. The van der Waals surface area contributed by atoms with Crippen LogP contribution in [0.2, 0.25) is 0 Å². The normalized spacial score (nSPS) is 16.4. The van der Waals surface area contributed by atoms with Crippen LogP contribution in [0.1, 0.15) is 23.2 Å². The average molecular weight is 391 g/mol. The molecule has 7 heteroatoms. The molecule has 0 radical (unpaired) electrons. The van der Waals surface area contributed by atoms with Gasteiger partial charge in [-0.2, -0.15) is 0 Å². The van der Waals surface area contributed by atoms with Gasteiger partial charge >= 0.3 is 5.97 Å². The maximum absolute atomic E-state index is 12.5. The number of hydrogen-bond donors (Lipinski definition) is 0. The molecule has 0 saturated carbocycles. The van der Waals surface area contributed by atoms with E-state index in [4.69, 9.17) is 4.74 Å². The summed E-state index contributed by atoms with van der Waals surface area (Å²) in [6.07, 6.45) is 1.76. The number of carbonyl (C=O) groups excluding carboxylic acids is 2. The van der Waals surface area contributed by atoms with E-state index in [-0.39, 0.29) is 31.0 Å². The van der Waals surface area contributed by atoms with Crippen molar-refractivity contribution < 1.29 is 14.3 Å². The molecule has 148 valence electrons. The van der Waals surface area contributed by atoms with Gasteiger partial charge in [-0.05, 0) is 37.6 Å². The Morgan fingerprint density at radius 3 is 2.69 bits per heavy atom. The number of pyridine rings is 1. The largest absolute Gasteiger partial charge is 0.459 e. The Bertz CT molecular complexity index is 1150. The first-order chi connectivity index (χ1) is 13.9. The van der Waals surface area contributed by atoms with Crippen molar-refractivity contribution in [2.75, 3.05) is 11.4 Å². The van der Waals surface area contributed by atoms with Gasteiger partial charge in [0.15, 0.2) is 0 Å². The summed E-state index contributed by atoms with van der Waals surface area (Å²) >= 11 is 0. The Labute approximate surface area is 167 Å². The summed E-state index contributed by atoms with van der Waals surface area (Å²) in [5.74, 6) is -1.10. The third kappa shape index (κ3) is 3.76. The van der Waals surface area contributed by atoms with Crippen LogP contribution in [0.3, 0.4) is 0 Å². The first kappa shape index (κ1) is 18.9. The van der Waals surface area contributed by atoms with Crippen LogP contribution in [0.4, 0.5) is 5.69 Å². The molecule has 1 fully saturated rings. The van der Waals surface area contributed by atoms with Crippen LogP contribution in [0, 0.1) is 19.8 Å². The van der Waals surface area contributed by atoms with E-state index in [1.807, 2.05) is 44.2 Å². The van der Waals surface area contributed by atoms with Crippen molar-refractivity contribution >= 4 is 23.2 Å². The molecule has 1 saturated heterocycles. The highest BCUT2D eigenvalue weighted by atomic mass is 16.5. The molecule has 1 atom stereocenters. The van der Waals surface area contributed by atoms with E-state index in [1.54, 1.807) is 17.2 Å². The zero-order valence-corrected chi connectivity index (χ0v) is 16.3. The van der Waals surface area contributed by atoms with E-state index in [9.17, 15) is 14.4 Å². The Morgan fingerprint density at radius 1 is 1.17 bits per heavy atom. The van der Waals surface area contributed by atoms with Gasteiger partial charge in [0.05, 0.1) is 11.6 Å². The van der Waals surface area contributed by atoms with E-state index in [0.717, 1.165) is 16.8 Å². The lowest BCUT2D eigenvalue weighted by molar-refractivity contribution is -0.149. The fourth-order valence-corrected chi connectivity index (χ4v) is 3.49. The number of aromatic nitrogens is 2. The van der Waals surface area contributed by atoms with Crippen LogP contribution in [0.5, 0.6) is 0 Å². The SMILES string of the molecule is Cc1ccc(N2C[C@H](C(=O)OCc3cc(=O)n4cccc(C)c4n3)CC2=O)cc1. The maximum Gasteiger partial charge on any atom is 0.311 e. The summed E-state index contributed by atoms with van der Waals surface area (Å²) < 4.78 is 6.83. The minimum absolute atomic E-state index is 0.103. The fourth-order valence-electron chi connectivity index (χ4n) is 3.49. The van der Waals surface area contributed by atoms with E-state index in [0.29, 0.717) is 11.3 Å². The molecule has 1 aliphatic heterocycles. The number of fused-ring (bicyclic) bond motifs is 1. The predicted octanol–water partition coefficient (Wildman–Crippen LogP) is 2.41. The number of anilines is 1. The van der Waals surface area contributed by atoms with Crippen LogP contribution in [0.25, 0.3) is 5.65 Å². The van der Waals surface area contributed by atoms with Crippen LogP contribution in [0.15, 0.2) is 53.5 Å². The smallest absolute Gasteiger partial charge is 0.311 e. The topological polar surface area (TPSA) is 81.0 Å². The van der Waals surface area contributed by atoms with Gasteiger partial charge in [-0.15, -0.1) is 0 Å². The Kier molecular flexibility index (Phi) is 4.88. The van der Waals surface area contributed by atoms with E-state index in [2.05, 4.69) is 4.98 Å². The van der Waals surface area contributed by atoms with Gasteiger partial charge in [0.1, 0.15) is 12.3 Å². The second-order valence-electron chi connectivity index (χ2n) is 7.32. The summed E-state index contributed by atoms with van der Waals surface area (Å²) in [6, 6.07) is 12.6. The second kappa shape index (κ2) is 7.50. The third-order valence-electron chi connectivity index (χ3n) is 5.11. The molecule has 0 N–H and O–H groups in total. The highest BCUT2D eigenvalue weighted by Crippen LogP contribution is 2.26. The zero-order chi connectivity index (χ0) is 20.5. The van der Waals surface area contributed by atoms with Crippen molar-refractivity contribution in [2.45, 2.75) is 26.9 Å². The lowest BCUT2D eigenvalue weighted by Crippen LogP contribution is -2.26. The average Bonchev–Trinajstić information content (AvgIpc) is 3.09. The number of ether oxygens (including phenoxy) is 1. The van der Waals surface area contributed by atoms with Crippen LogP contribution in [-0.4, -0.2) is 27.8 Å². The minimum atomic E-state index is -0.535. The molecule has 3 aromatic rings. The lowest BCUT2D eigenvalue weighted by atomic mass is 10.1. The minimum Gasteiger partial charge on any atom is -0.459 e. The van der Waals surface area contributed by atoms with Crippen molar-refractivity contribution in [1.29, 1.82) is 0 Å². The highest BCUT2D eigenvalue weighted by molar-refractivity contribution is 5.99. The van der Waals surface area contributed by atoms with E-state index >= 15 is 0 Å². The molecule has 1 amide bonds. The number of carbonyl (C=O) groups is 2. The first-order valence-electron chi connectivity index (χ1n) is 9.44. The second-order valence-corrected chi connectivity index (χ2v) is 7.32. The van der Waals surface area contributed by atoms with Crippen molar-refractivity contribution in [2.24, 2.45) is 5.92 Å². The van der Waals surface area contributed by atoms with Crippen molar-refractivity contribution in [3.05, 3.63) is 75.8 Å². The Balaban J connectivity index is 1.44. The Morgan fingerprint density at radius 2 is 1.93 bits per heavy atom. The summed E-state index contributed by atoms with van der Waals surface area (Å²) in [5, 5.41) is 0. The van der Waals surface area contributed by atoms with Crippen molar-refractivity contribution in [1.82, 2.24) is 9.38 Å². The predicted molar refractivity (Wildman–Crippen MR) is 108 cm³/mol. The van der Waals surface area contributed by atoms with Gasteiger partial charge in [-0.3, -0.25) is 18.8 Å². The molecule has 1 aromatic carbocycles. The standard InChI is InChI=1S/C22H21N3O4/c1-14-5-7-18(8-6-14)25-12-16(10-19(25)26)22(28)29-13-17-11-20(27)24-9-3-4-15(2)21(24)23-17/h3-9,11,16H,10,12-13H2,1-2H3/t16-/m1/s1. The fraction of sp³-hybridized carbons (Fsp3) is 0.273. The molecule has 0 unspecified atom stereocenters. The molecule has 3 heterocycles. The summed E-state index contributed by atoms with van der Waals surface area (Å²) in [7, 11) is 0. The molecule has 0 bridgehead atoms. The summed E-state index contributed by atoms with van der Waals surface area (Å²) in [5.41, 5.74) is 3.42. The van der Waals surface area contributed by atoms with Crippen molar-refractivity contribution in [3.63, 3.8) is 0 Å². The van der Waals surface area contributed by atoms with Crippen molar-refractivity contribution in [3.8, 4) is 0 Å². The first-order valence-corrected chi connectivity index (χ1v) is 9.44. The number of rotatable bonds is 4. The molecule has 0 aliphatic carbocycles.